The number of unbranched alkanes of at least 4 members (excludes halogenated alkanes) is 2. The van der Waals surface area contributed by atoms with Gasteiger partial charge in [0, 0.05) is 6.54 Å². The summed E-state index contributed by atoms with van der Waals surface area (Å²) in [5, 5.41) is 0. The molecule has 0 spiro atoms. The Morgan fingerprint density at radius 3 is 2.38 bits per heavy atom. The maximum atomic E-state index is 13.3. The number of alkyl halides is 6. The Hall–Kier alpha value is -2.26. The van der Waals surface area contributed by atoms with Gasteiger partial charge in [0.2, 0.25) is 0 Å². The normalized spacial score (nSPS) is 17.5. The van der Waals surface area contributed by atoms with Gasteiger partial charge in [-0.2, -0.15) is 26.3 Å². The molecular formula is C19H21F6NO3. The summed E-state index contributed by atoms with van der Waals surface area (Å²) in [4.78, 5) is 25.8. The number of hydrogen-bond donors (Lipinski definition) is 0. The second kappa shape index (κ2) is 9.04. The lowest BCUT2D eigenvalue weighted by molar-refractivity contribution is -0.148. The van der Waals surface area contributed by atoms with Gasteiger partial charge in [-0.25, -0.2) is 4.79 Å². The van der Waals surface area contributed by atoms with Gasteiger partial charge in [-0.3, -0.25) is 4.79 Å². The Kier molecular flexibility index (Phi) is 7.18. The minimum Gasteiger partial charge on any atom is -0.464 e. The van der Waals surface area contributed by atoms with E-state index in [0.29, 0.717) is 12.8 Å². The Bertz CT molecular complexity index is 744. The van der Waals surface area contributed by atoms with Crippen molar-refractivity contribution in [2.45, 2.75) is 57.4 Å². The summed E-state index contributed by atoms with van der Waals surface area (Å²) in [6.45, 7) is 2.02. The van der Waals surface area contributed by atoms with Crippen LogP contribution in [0.3, 0.4) is 0 Å². The van der Waals surface area contributed by atoms with Gasteiger partial charge in [-0.05, 0) is 37.5 Å². The van der Waals surface area contributed by atoms with Gasteiger partial charge in [0.1, 0.15) is 6.04 Å². The molecule has 1 aromatic carbocycles. The van der Waals surface area contributed by atoms with Crippen LogP contribution in [0.5, 0.6) is 0 Å². The topological polar surface area (TPSA) is 46.6 Å². The zero-order chi connectivity index (χ0) is 21.8. The number of amides is 1. The maximum Gasteiger partial charge on any atom is 0.417 e. The first-order valence-corrected chi connectivity index (χ1v) is 9.23. The molecule has 1 aliphatic heterocycles. The Balaban J connectivity index is 2.30. The fourth-order valence-corrected chi connectivity index (χ4v) is 3.18. The summed E-state index contributed by atoms with van der Waals surface area (Å²) < 4.78 is 83.8. The summed E-state index contributed by atoms with van der Waals surface area (Å²) in [5.41, 5.74) is -3.97. The first kappa shape index (κ1) is 23.0. The summed E-state index contributed by atoms with van der Waals surface area (Å²) in [6.07, 6.45) is -7.11. The van der Waals surface area contributed by atoms with Crippen LogP contribution < -0.4 is 0 Å². The second-order valence-corrected chi connectivity index (χ2v) is 6.79. The number of carbonyl (C=O) groups excluding carboxylic acids is 2. The van der Waals surface area contributed by atoms with Crippen LogP contribution in [-0.2, 0) is 21.9 Å². The minimum absolute atomic E-state index is 0.0406. The van der Waals surface area contributed by atoms with E-state index in [4.69, 9.17) is 4.74 Å². The van der Waals surface area contributed by atoms with Gasteiger partial charge in [0.25, 0.3) is 5.91 Å². The van der Waals surface area contributed by atoms with Crippen LogP contribution in [0.4, 0.5) is 26.3 Å². The molecular weight excluding hydrogens is 404 g/mol. The summed E-state index contributed by atoms with van der Waals surface area (Å²) >= 11 is 0. The molecule has 1 aliphatic rings. The molecule has 0 bridgehead atoms. The average Bonchev–Trinajstić information content (AvgIpc) is 3.12. The first-order valence-electron chi connectivity index (χ1n) is 9.23. The smallest absolute Gasteiger partial charge is 0.417 e. The molecule has 0 N–H and O–H groups in total. The van der Waals surface area contributed by atoms with Crippen molar-refractivity contribution < 1.29 is 40.7 Å². The molecule has 1 unspecified atom stereocenters. The van der Waals surface area contributed by atoms with E-state index >= 15 is 0 Å². The maximum absolute atomic E-state index is 13.3. The van der Waals surface area contributed by atoms with E-state index in [1.807, 2.05) is 6.92 Å². The quantitative estimate of drug-likeness (QED) is 0.364. The van der Waals surface area contributed by atoms with E-state index in [0.717, 1.165) is 17.7 Å². The second-order valence-electron chi connectivity index (χ2n) is 6.79. The molecule has 1 saturated heterocycles. The lowest BCUT2D eigenvalue weighted by Gasteiger charge is -2.25. The minimum atomic E-state index is -5.02. The number of ether oxygens (including phenoxy) is 1. The number of hydrogen-bond acceptors (Lipinski definition) is 3. The monoisotopic (exact) mass is 425 g/mol. The van der Waals surface area contributed by atoms with Crippen LogP contribution in [0.1, 0.15) is 60.5 Å². The highest BCUT2D eigenvalue weighted by molar-refractivity contribution is 5.98. The number of esters is 1. The van der Waals surface area contributed by atoms with E-state index in [-0.39, 0.29) is 37.8 Å². The van der Waals surface area contributed by atoms with Gasteiger partial charge < -0.3 is 9.64 Å². The van der Waals surface area contributed by atoms with Crippen LogP contribution in [0, 0.1) is 0 Å². The molecule has 1 amide bonds. The predicted molar refractivity (Wildman–Crippen MR) is 91.0 cm³/mol. The number of halogens is 6. The lowest BCUT2D eigenvalue weighted by Crippen LogP contribution is -2.42. The molecule has 1 heterocycles. The van der Waals surface area contributed by atoms with Gasteiger partial charge >= 0.3 is 18.3 Å². The summed E-state index contributed by atoms with van der Waals surface area (Å²) in [6, 6.07) is -0.403. The average molecular weight is 425 g/mol. The van der Waals surface area contributed by atoms with Gasteiger partial charge in [0.15, 0.2) is 0 Å². The highest BCUT2D eigenvalue weighted by Gasteiger charge is 2.42. The van der Waals surface area contributed by atoms with Crippen molar-refractivity contribution in [2.24, 2.45) is 0 Å². The Labute approximate surface area is 163 Å². The molecule has 0 aromatic heterocycles. The molecule has 4 nitrogen and oxygen atoms in total. The van der Waals surface area contributed by atoms with Gasteiger partial charge in [-0.15, -0.1) is 0 Å². The van der Waals surface area contributed by atoms with Crippen LogP contribution in [-0.4, -0.2) is 36.0 Å². The number of likely N-dealkylation sites (tertiary alicyclic amines) is 1. The largest absolute Gasteiger partial charge is 0.464 e. The van der Waals surface area contributed by atoms with Crippen LogP contribution in [0.15, 0.2) is 18.2 Å². The number of benzene rings is 1. The van der Waals surface area contributed by atoms with E-state index in [2.05, 4.69) is 0 Å². The van der Waals surface area contributed by atoms with Crippen molar-refractivity contribution in [1.29, 1.82) is 0 Å². The van der Waals surface area contributed by atoms with E-state index in [1.165, 1.54) is 0 Å². The fraction of sp³-hybridized carbons (Fsp3) is 0.579. The van der Waals surface area contributed by atoms with Crippen molar-refractivity contribution in [3.05, 3.63) is 34.9 Å². The van der Waals surface area contributed by atoms with Gasteiger partial charge in [0.05, 0.1) is 23.3 Å². The molecule has 29 heavy (non-hydrogen) atoms. The van der Waals surface area contributed by atoms with Crippen molar-refractivity contribution in [3.63, 3.8) is 0 Å². The third-order valence-corrected chi connectivity index (χ3v) is 4.66. The van der Waals surface area contributed by atoms with E-state index in [9.17, 15) is 35.9 Å². The molecule has 0 saturated carbocycles. The Morgan fingerprint density at radius 1 is 1.10 bits per heavy atom. The predicted octanol–water partition coefficient (Wildman–Crippen LogP) is 5.06. The molecule has 162 valence electrons. The van der Waals surface area contributed by atoms with Crippen molar-refractivity contribution >= 4 is 11.9 Å². The highest BCUT2D eigenvalue weighted by atomic mass is 19.4. The summed E-state index contributed by atoms with van der Waals surface area (Å²) in [7, 11) is 0. The Morgan fingerprint density at radius 2 is 1.79 bits per heavy atom. The fourth-order valence-electron chi connectivity index (χ4n) is 3.18. The van der Waals surface area contributed by atoms with Crippen LogP contribution >= 0.6 is 0 Å². The molecule has 0 aliphatic carbocycles. The molecule has 1 fully saturated rings. The van der Waals surface area contributed by atoms with Crippen molar-refractivity contribution in [2.75, 3.05) is 13.2 Å². The van der Waals surface area contributed by atoms with E-state index < -0.39 is 47.0 Å². The first-order chi connectivity index (χ1) is 13.5. The number of rotatable bonds is 6. The van der Waals surface area contributed by atoms with Crippen molar-refractivity contribution in [1.82, 2.24) is 4.90 Å². The third kappa shape index (κ3) is 5.63. The molecule has 0 radical (unpaired) electrons. The third-order valence-electron chi connectivity index (χ3n) is 4.66. The van der Waals surface area contributed by atoms with Crippen LogP contribution in [0.25, 0.3) is 0 Å². The summed E-state index contributed by atoms with van der Waals surface area (Å²) in [5.74, 6) is -2.02. The number of carbonyl (C=O) groups is 2. The SMILES string of the molecule is CCCCCOC(=O)C1CCCN1C(=O)c1cc(C(F)(F)F)ccc1C(F)(F)F. The van der Waals surface area contributed by atoms with Crippen LogP contribution in [0.2, 0.25) is 0 Å². The molecule has 1 atom stereocenters. The lowest BCUT2D eigenvalue weighted by atomic mass is 10.0. The van der Waals surface area contributed by atoms with E-state index in [1.54, 1.807) is 0 Å². The molecule has 10 heteroatoms. The standard InChI is InChI=1S/C19H21F6NO3/c1-2-3-4-10-29-17(28)15-6-5-9-26(15)16(27)13-11-12(18(20,21)22)7-8-14(13)19(23,24)25/h7-8,11,15H,2-6,9-10H2,1H3. The molecule has 1 aromatic rings. The molecule has 2 rings (SSSR count). The zero-order valence-corrected chi connectivity index (χ0v) is 15.7. The van der Waals surface area contributed by atoms with Crippen molar-refractivity contribution in [3.8, 4) is 0 Å². The highest BCUT2D eigenvalue weighted by Crippen LogP contribution is 2.37. The zero-order valence-electron chi connectivity index (χ0n) is 15.7. The van der Waals surface area contributed by atoms with Gasteiger partial charge in [-0.1, -0.05) is 19.8 Å². The number of nitrogens with zero attached hydrogens (tertiary/aromatic N) is 1.